The predicted octanol–water partition coefficient (Wildman–Crippen LogP) is 4.41. The van der Waals surface area contributed by atoms with Crippen LogP contribution in [0.2, 0.25) is 0 Å². The van der Waals surface area contributed by atoms with Gasteiger partial charge in [-0.15, -0.1) is 11.8 Å². The molecule has 23 heavy (non-hydrogen) atoms. The van der Waals surface area contributed by atoms with Crippen LogP contribution in [-0.4, -0.2) is 28.5 Å². The van der Waals surface area contributed by atoms with Gasteiger partial charge in [0.1, 0.15) is 0 Å². The number of amides is 2. The molecule has 124 valence electrons. The van der Waals surface area contributed by atoms with Gasteiger partial charge < -0.3 is 0 Å². The molecule has 1 aliphatic rings. The standard InChI is InChI=1S/C19H25NO2S/c1-5-6-7-12-20-18(21)16(15-10-8-14(4)9-11-15)17(19(20)22)23-13(2)3/h8-11,13H,5-7,12H2,1-4H3. The lowest BCUT2D eigenvalue weighted by Crippen LogP contribution is -2.32. The average Bonchev–Trinajstić information content (AvgIpc) is 2.72. The third-order valence-corrected chi connectivity index (χ3v) is 4.89. The molecule has 0 N–H and O–H groups in total. The summed E-state index contributed by atoms with van der Waals surface area (Å²) in [5.41, 5.74) is 2.56. The van der Waals surface area contributed by atoms with E-state index in [2.05, 4.69) is 6.92 Å². The lowest BCUT2D eigenvalue weighted by molar-refractivity contribution is -0.136. The van der Waals surface area contributed by atoms with E-state index in [1.165, 1.54) is 16.7 Å². The van der Waals surface area contributed by atoms with Gasteiger partial charge in [0.2, 0.25) is 0 Å². The van der Waals surface area contributed by atoms with Gasteiger partial charge in [0.15, 0.2) is 0 Å². The maximum Gasteiger partial charge on any atom is 0.267 e. The minimum atomic E-state index is -0.141. The van der Waals surface area contributed by atoms with E-state index in [-0.39, 0.29) is 17.1 Å². The molecule has 2 rings (SSSR count). The molecule has 0 aromatic heterocycles. The summed E-state index contributed by atoms with van der Waals surface area (Å²) in [4.78, 5) is 27.6. The Balaban J connectivity index is 2.35. The van der Waals surface area contributed by atoms with Crippen LogP contribution in [0.5, 0.6) is 0 Å². The Morgan fingerprint density at radius 1 is 1.04 bits per heavy atom. The predicted molar refractivity (Wildman–Crippen MR) is 97.1 cm³/mol. The zero-order chi connectivity index (χ0) is 17.0. The highest BCUT2D eigenvalue weighted by Crippen LogP contribution is 2.38. The highest BCUT2D eigenvalue weighted by atomic mass is 32.2. The number of imide groups is 1. The number of rotatable bonds is 7. The van der Waals surface area contributed by atoms with Crippen LogP contribution in [0.1, 0.15) is 51.2 Å². The molecule has 0 aliphatic carbocycles. The molecule has 1 aliphatic heterocycles. The number of hydrogen-bond acceptors (Lipinski definition) is 3. The van der Waals surface area contributed by atoms with Gasteiger partial charge in [-0.3, -0.25) is 14.5 Å². The zero-order valence-electron chi connectivity index (χ0n) is 14.4. The summed E-state index contributed by atoms with van der Waals surface area (Å²) in [6.45, 7) is 8.73. The van der Waals surface area contributed by atoms with E-state index in [1.54, 1.807) is 0 Å². The molecule has 1 heterocycles. The van der Waals surface area contributed by atoms with Gasteiger partial charge >= 0.3 is 0 Å². The third kappa shape index (κ3) is 4.05. The second-order valence-corrected chi connectivity index (χ2v) is 7.79. The summed E-state index contributed by atoms with van der Waals surface area (Å²) in [6, 6.07) is 7.84. The highest BCUT2D eigenvalue weighted by molar-refractivity contribution is 8.04. The molecule has 0 radical (unpaired) electrons. The van der Waals surface area contributed by atoms with Gasteiger partial charge in [0, 0.05) is 11.8 Å². The van der Waals surface area contributed by atoms with Crippen molar-refractivity contribution < 1.29 is 9.59 Å². The number of aryl methyl sites for hydroxylation is 1. The van der Waals surface area contributed by atoms with E-state index < -0.39 is 0 Å². The molecule has 0 saturated heterocycles. The molecule has 0 bridgehead atoms. The van der Waals surface area contributed by atoms with Crippen LogP contribution < -0.4 is 0 Å². The summed E-state index contributed by atoms with van der Waals surface area (Å²) < 4.78 is 0. The number of benzene rings is 1. The largest absolute Gasteiger partial charge is 0.274 e. The Bertz CT molecular complexity index is 617. The molecular formula is C19H25NO2S. The minimum Gasteiger partial charge on any atom is -0.274 e. The van der Waals surface area contributed by atoms with Crippen LogP contribution in [0.15, 0.2) is 29.2 Å². The molecule has 2 amide bonds. The topological polar surface area (TPSA) is 37.4 Å². The first-order chi connectivity index (χ1) is 11.0. The highest BCUT2D eigenvalue weighted by Gasteiger charge is 2.38. The maximum atomic E-state index is 12.8. The number of carbonyl (C=O) groups is 2. The van der Waals surface area contributed by atoms with Crippen molar-refractivity contribution >= 4 is 29.1 Å². The van der Waals surface area contributed by atoms with E-state index in [9.17, 15) is 9.59 Å². The van der Waals surface area contributed by atoms with Gasteiger partial charge in [-0.1, -0.05) is 63.4 Å². The minimum absolute atomic E-state index is 0.125. The van der Waals surface area contributed by atoms with Crippen molar-refractivity contribution in [2.75, 3.05) is 6.54 Å². The molecule has 1 aromatic carbocycles. The molecule has 0 atom stereocenters. The van der Waals surface area contributed by atoms with Crippen molar-refractivity contribution in [1.29, 1.82) is 0 Å². The summed E-state index contributed by atoms with van der Waals surface area (Å²) in [6.07, 6.45) is 2.97. The first-order valence-electron chi connectivity index (χ1n) is 8.29. The number of thioether (sulfide) groups is 1. The van der Waals surface area contributed by atoms with E-state index in [1.807, 2.05) is 45.0 Å². The maximum absolute atomic E-state index is 12.8. The molecule has 1 aromatic rings. The number of hydrogen-bond donors (Lipinski definition) is 0. The van der Waals surface area contributed by atoms with Crippen LogP contribution in [0.3, 0.4) is 0 Å². The lowest BCUT2D eigenvalue weighted by Gasteiger charge is -2.15. The van der Waals surface area contributed by atoms with Crippen LogP contribution in [0, 0.1) is 6.92 Å². The van der Waals surface area contributed by atoms with Crippen molar-refractivity contribution in [3.05, 3.63) is 40.3 Å². The van der Waals surface area contributed by atoms with Gasteiger partial charge in [-0.25, -0.2) is 0 Å². The Hall–Kier alpha value is -1.55. The van der Waals surface area contributed by atoms with Gasteiger partial charge in [0.05, 0.1) is 10.5 Å². The second kappa shape index (κ2) is 7.82. The molecule has 4 heteroatoms. The Morgan fingerprint density at radius 3 is 2.26 bits per heavy atom. The molecular weight excluding hydrogens is 306 g/mol. The SMILES string of the molecule is CCCCCN1C(=O)C(SC(C)C)=C(c2ccc(C)cc2)C1=O. The molecule has 3 nitrogen and oxygen atoms in total. The first kappa shape index (κ1) is 17.8. The smallest absolute Gasteiger partial charge is 0.267 e. The van der Waals surface area contributed by atoms with E-state index in [4.69, 9.17) is 0 Å². The molecule has 0 unspecified atom stereocenters. The average molecular weight is 331 g/mol. The van der Waals surface area contributed by atoms with Gasteiger partial charge in [-0.2, -0.15) is 0 Å². The van der Waals surface area contributed by atoms with Gasteiger partial charge in [0.25, 0.3) is 11.8 Å². The Kier molecular flexibility index (Phi) is 6.05. The van der Waals surface area contributed by atoms with Crippen LogP contribution in [-0.2, 0) is 9.59 Å². The second-order valence-electron chi connectivity index (χ2n) is 6.21. The quantitative estimate of drug-likeness (QED) is 0.549. The number of carbonyl (C=O) groups excluding carboxylic acids is 2. The van der Waals surface area contributed by atoms with Crippen molar-refractivity contribution in [2.24, 2.45) is 0 Å². The van der Waals surface area contributed by atoms with Crippen molar-refractivity contribution in [3.8, 4) is 0 Å². The Labute approximate surface area is 143 Å². The fraction of sp³-hybridized carbons (Fsp3) is 0.474. The Morgan fingerprint density at radius 2 is 1.70 bits per heavy atom. The summed E-state index contributed by atoms with van der Waals surface area (Å²) in [7, 11) is 0. The molecule has 0 saturated carbocycles. The molecule has 0 spiro atoms. The number of nitrogens with zero attached hydrogens (tertiary/aromatic N) is 1. The van der Waals surface area contributed by atoms with Crippen molar-refractivity contribution in [3.63, 3.8) is 0 Å². The van der Waals surface area contributed by atoms with Crippen molar-refractivity contribution in [1.82, 2.24) is 4.90 Å². The van der Waals surface area contributed by atoms with Crippen molar-refractivity contribution in [2.45, 2.75) is 52.2 Å². The fourth-order valence-corrected chi connectivity index (χ4v) is 3.60. The third-order valence-electron chi connectivity index (χ3n) is 3.80. The summed E-state index contributed by atoms with van der Waals surface area (Å²) in [5.74, 6) is -0.265. The molecule has 0 fully saturated rings. The van der Waals surface area contributed by atoms with Crippen LogP contribution >= 0.6 is 11.8 Å². The van der Waals surface area contributed by atoms with E-state index in [0.717, 1.165) is 30.4 Å². The zero-order valence-corrected chi connectivity index (χ0v) is 15.2. The van der Waals surface area contributed by atoms with Crippen LogP contribution in [0.4, 0.5) is 0 Å². The summed E-state index contributed by atoms with van der Waals surface area (Å²) in [5, 5.41) is 0.262. The first-order valence-corrected chi connectivity index (χ1v) is 9.17. The monoisotopic (exact) mass is 331 g/mol. The van der Waals surface area contributed by atoms with Crippen LogP contribution in [0.25, 0.3) is 5.57 Å². The fourth-order valence-electron chi connectivity index (χ4n) is 2.60. The lowest BCUT2D eigenvalue weighted by atomic mass is 10.0. The van der Waals surface area contributed by atoms with E-state index >= 15 is 0 Å². The van der Waals surface area contributed by atoms with Gasteiger partial charge in [-0.05, 0) is 18.9 Å². The summed E-state index contributed by atoms with van der Waals surface area (Å²) >= 11 is 1.49. The van der Waals surface area contributed by atoms with E-state index in [0.29, 0.717) is 17.0 Å². The number of unbranched alkanes of at least 4 members (excludes halogenated alkanes) is 2. The normalized spacial score (nSPS) is 15.3.